The Hall–Kier alpha value is -2.12. The summed E-state index contributed by atoms with van der Waals surface area (Å²) < 4.78 is 40.1. The van der Waals surface area contributed by atoms with Crippen molar-refractivity contribution in [3.63, 3.8) is 0 Å². The monoisotopic (exact) mass is 342 g/mol. The molecule has 0 saturated heterocycles. The number of amides is 1. The fraction of sp³-hybridized carbons (Fsp3) is 0.0714. The van der Waals surface area contributed by atoms with E-state index in [2.05, 4.69) is 10.0 Å². The van der Waals surface area contributed by atoms with Gasteiger partial charge < -0.3 is 5.32 Å². The van der Waals surface area contributed by atoms with Crippen molar-refractivity contribution in [2.24, 2.45) is 0 Å². The minimum atomic E-state index is -3.93. The molecule has 0 heterocycles. The second-order valence-electron chi connectivity index (χ2n) is 4.43. The first-order valence-electron chi connectivity index (χ1n) is 6.13. The van der Waals surface area contributed by atoms with Crippen LogP contribution < -0.4 is 10.0 Å². The highest BCUT2D eigenvalue weighted by molar-refractivity contribution is 7.92. The Morgan fingerprint density at radius 3 is 2.32 bits per heavy atom. The molecule has 0 unspecified atom stereocenters. The minimum Gasteiger partial charge on any atom is -0.325 e. The second kappa shape index (κ2) is 6.33. The molecule has 0 spiro atoms. The summed E-state index contributed by atoms with van der Waals surface area (Å²) >= 11 is 5.71. The molecule has 0 aliphatic rings. The van der Waals surface area contributed by atoms with Crippen molar-refractivity contribution in [3.05, 3.63) is 53.3 Å². The van der Waals surface area contributed by atoms with Crippen molar-refractivity contribution in [3.8, 4) is 0 Å². The average Bonchev–Trinajstić information content (AvgIpc) is 2.41. The van der Waals surface area contributed by atoms with Gasteiger partial charge >= 0.3 is 0 Å². The van der Waals surface area contributed by atoms with Crippen molar-refractivity contribution in [2.45, 2.75) is 11.8 Å². The van der Waals surface area contributed by atoms with Crippen LogP contribution in [0.2, 0.25) is 5.02 Å². The van der Waals surface area contributed by atoms with Crippen LogP contribution in [0.25, 0.3) is 0 Å². The quantitative estimate of drug-likeness (QED) is 0.895. The molecule has 0 fully saturated rings. The highest BCUT2D eigenvalue weighted by Gasteiger charge is 2.17. The maximum Gasteiger partial charge on any atom is 0.261 e. The van der Waals surface area contributed by atoms with Crippen molar-refractivity contribution < 1.29 is 17.6 Å². The molecule has 1 amide bonds. The first kappa shape index (κ1) is 16.3. The van der Waals surface area contributed by atoms with Crippen molar-refractivity contribution in [1.29, 1.82) is 0 Å². The van der Waals surface area contributed by atoms with Gasteiger partial charge in [-0.2, -0.15) is 0 Å². The first-order valence-corrected chi connectivity index (χ1v) is 7.99. The first-order chi connectivity index (χ1) is 10.3. The minimum absolute atomic E-state index is 0.0325. The number of hydrogen-bond donors (Lipinski definition) is 2. The molecular weight excluding hydrogens is 331 g/mol. The molecule has 5 nitrogen and oxygen atoms in total. The SMILES string of the molecule is CC(=O)Nc1ccc(F)cc1NS(=O)(=O)c1ccc(Cl)cc1. The summed E-state index contributed by atoms with van der Waals surface area (Å²) in [6.45, 7) is 1.26. The molecule has 8 heteroatoms. The van der Waals surface area contributed by atoms with Gasteiger partial charge in [0.1, 0.15) is 5.82 Å². The number of hydrogen-bond acceptors (Lipinski definition) is 3. The number of sulfonamides is 1. The topological polar surface area (TPSA) is 75.3 Å². The van der Waals surface area contributed by atoms with E-state index in [1.54, 1.807) is 0 Å². The summed E-state index contributed by atoms with van der Waals surface area (Å²) in [5.41, 5.74) is 0.0941. The van der Waals surface area contributed by atoms with Crippen LogP contribution in [0.1, 0.15) is 6.92 Å². The molecule has 2 rings (SSSR count). The van der Waals surface area contributed by atoms with Gasteiger partial charge in [-0.1, -0.05) is 11.6 Å². The van der Waals surface area contributed by atoms with Gasteiger partial charge in [-0.15, -0.1) is 0 Å². The molecule has 22 heavy (non-hydrogen) atoms. The van der Waals surface area contributed by atoms with E-state index < -0.39 is 21.7 Å². The predicted octanol–water partition coefficient (Wildman–Crippen LogP) is 3.24. The molecule has 2 aromatic rings. The van der Waals surface area contributed by atoms with E-state index in [9.17, 15) is 17.6 Å². The molecule has 2 aromatic carbocycles. The average molecular weight is 343 g/mol. The van der Waals surface area contributed by atoms with E-state index in [0.717, 1.165) is 12.1 Å². The molecule has 116 valence electrons. The van der Waals surface area contributed by atoms with Crippen LogP contribution in [0.5, 0.6) is 0 Å². The lowest BCUT2D eigenvalue weighted by Gasteiger charge is -2.13. The Morgan fingerprint density at radius 2 is 1.73 bits per heavy atom. The molecule has 0 saturated carbocycles. The van der Waals surface area contributed by atoms with Crippen LogP contribution in [-0.4, -0.2) is 14.3 Å². The third-order valence-corrected chi connectivity index (χ3v) is 4.29. The highest BCUT2D eigenvalue weighted by atomic mass is 35.5. The number of halogens is 2. The number of carbonyl (C=O) groups excluding carboxylic acids is 1. The normalized spacial score (nSPS) is 11.0. The highest BCUT2D eigenvalue weighted by Crippen LogP contribution is 2.26. The van der Waals surface area contributed by atoms with Gasteiger partial charge in [-0.25, -0.2) is 12.8 Å². The van der Waals surface area contributed by atoms with Crippen LogP contribution in [-0.2, 0) is 14.8 Å². The van der Waals surface area contributed by atoms with Gasteiger partial charge in [0.2, 0.25) is 5.91 Å². The van der Waals surface area contributed by atoms with Gasteiger partial charge in [0.15, 0.2) is 0 Å². The van der Waals surface area contributed by atoms with Crippen LogP contribution in [0.15, 0.2) is 47.4 Å². The van der Waals surface area contributed by atoms with E-state index >= 15 is 0 Å². The number of rotatable bonds is 4. The molecule has 0 aromatic heterocycles. The van der Waals surface area contributed by atoms with Crippen molar-refractivity contribution in [1.82, 2.24) is 0 Å². The lowest BCUT2D eigenvalue weighted by Crippen LogP contribution is -2.16. The van der Waals surface area contributed by atoms with Gasteiger partial charge in [-0.3, -0.25) is 9.52 Å². The predicted molar refractivity (Wildman–Crippen MR) is 83.0 cm³/mol. The summed E-state index contributed by atoms with van der Waals surface area (Å²) in [6.07, 6.45) is 0. The van der Waals surface area contributed by atoms with Crippen LogP contribution in [0.4, 0.5) is 15.8 Å². The van der Waals surface area contributed by atoms with E-state index in [1.165, 1.54) is 37.3 Å². The zero-order chi connectivity index (χ0) is 16.3. The summed E-state index contributed by atoms with van der Waals surface area (Å²) in [6, 6.07) is 8.87. The standard InChI is InChI=1S/C14H12ClFN2O3S/c1-9(19)17-13-7-4-11(16)8-14(13)18-22(20,21)12-5-2-10(15)3-6-12/h2-8,18H,1H3,(H,17,19). The van der Waals surface area contributed by atoms with Crippen LogP contribution in [0, 0.1) is 5.82 Å². The summed E-state index contributed by atoms with van der Waals surface area (Å²) in [7, 11) is -3.93. The largest absolute Gasteiger partial charge is 0.325 e. The van der Waals surface area contributed by atoms with Crippen LogP contribution >= 0.6 is 11.6 Å². The number of anilines is 2. The summed E-state index contributed by atoms with van der Waals surface area (Å²) in [5, 5.41) is 2.82. The zero-order valence-electron chi connectivity index (χ0n) is 11.4. The smallest absolute Gasteiger partial charge is 0.261 e. The van der Waals surface area contributed by atoms with Crippen molar-refractivity contribution in [2.75, 3.05) is 10.0 Å². The molecule has 0 bridgehead atoms. The fourth-order valence-electron chi connectivity index (χ4n) is 1.72. The Balaban J connectivity index is 2.38. The Labute approximate surface area is 132 Å². The van der Waals surface area contributed by atoms with Gasteiger partial charge in [0.05, 0.1) is 16.3 Å². The zero-order valence-corrected chi connectivity index (χ0v) is 13.0. The number of nitrogens with one attached hydrogen (secondary N) is 2. The Bertz CT molecular complexity index is 807. The summed E-state index contributed by atoms with van der Waals surface area (Å²) in [4.78, 5) is 11.1. The maximum atomic E-state index is 13.4. The lowest BCUT2D eigenvalue weighted by molar-refractivity contribution is -0.114. The van der Waals surface area contributed by atoms with E-state index in [0.29, 0.717) is 5.02 Å². The van der Waals surface area contributed by atoms with E-state index in [1.807, 2.05) is 0 Å². The summed E-state index contributed by atoms with van der Waals surface area (Å²) in [5.74, 6) is -1.04. The number of carbonyl (C=O) groups is 1. The Kier molecular flexibility index (Phi) is 4.68. The second-order valence-corrected chi connectivity index (χ2v) is 6.55. The lowest BCUT2D eigenvalue weighted by atomic mass is 10.2. The molecule has 0 aliphatic heterocycles. The maximum absolute atomic E-state index is 13.4. The van der Waals surface area contributed by atoms with Crippen LogP contribution in [0.3, 0.4) is 0 Å². The third-order valence-electron chi connectivity index (χ3n) is 2.66. The van der Waals surface area contributed by atoms with E-state index in [-0.39, 0.29) is 16.3 Å². The molecule has 2 N–H and O–H groups in total. The van der Waals surface area contributed by atoms with Gasteiger partial charge in [0, 0.05) is 18.0 Å². The molecule has 0 aliphatic carbocycles. The Morgan fingerprint density at radius 1 is 1.09 bits per heavy atom. The third kappa shape index (κ3) is 3.96. The molecular formula is C14H12ClFN2O3S. The van der Waals surface area contributed by atoms with Gasteiger partial charge in [0.25, 0.3) is 10.0 Å². The van der Waals surface area contributed by atoms with Crippen molar-refractivity contribution >= 4 is 38.9 Å². The number of benzene rings is 2. The van der Waals surface area contributed by atoms with E-state index in [4.69, 9.17) is 11.6 Å². The molecule has 0 radical (unpaired) electrons. The molecule has 0 atom stereocenters. The fourth-order valence-corrected chi connectivity index (χ4v) is 2.91. The van der Waals surface area contributed by atoms with Gasteiger partial charge in [-0.05, 0) is 36.4 Å².